The molecule has 0 saturated heterocycles. The molecule has 0 unspecified atom stereocenters. The third kappa shape index (κ3) is 4.02. The van der Waals surface area contributed by atoms with E-state index in [9.17, 15) is 4.79 Å². The monoisotopic (exact) mass is 213 g/mol. The van der Waals surface area contributed by atoms with E-state index in [1.54, 1.807) is 6.08 Å². The molecule has 1 aromatic rings. The molecule has 0 fully saturated rings. The number of hydrogen-bond acceptors (Lipinski definition) is 1. The van der Waals surface area contributed by atoms with Gasteiger partial charge in [0.1, 0.15) is 0 Å². The Balaban J connectivity index is 2.56. The van der Waals surface area contributed by atoms with Crippen LogP contribution in [-0.4, -0.2) is 12.5 Å². The molecule has 0 saturated carbocycles. The summed E-state index contributed by atoms with van der Waals surface area (Å²) in [5.41, 5.74) is 2.01. The topological polar surface area (TPSA) is 29.1 Å². The predicted octanol–water partition coefficient (Wildman–Crippen LogP) is 2.21. The fraction of sp³-hybridized carbons (Fsp3) is 0.214. The summed E-state index contributed by atoms with van der Waals surface area (Å²) in [7, 11) is 0. The molecule has 0 radical (unpaired) electrons. The Morgan fingerprint density at radius 1 is 1.50 bits per heavy atom. The van der Waals surface area contributed by atoms with Crippen molar-refractivity contribution in [3.63, 3.8) is 0 Å². The van der Waals surface area contributed by atoms with E-state index in [4.69, 9.17) is 0 Å². The molecule has 0 heterocycles. The van der Waals surface area contributed by atoms with Gasteiger partial charge in [-0.3, -0.25) is 4.79 Å². The largest absolute Gasteiger partial charge is 0.355 e. The van der Waals surface area contributed by atoms with Crippen molar-refractivity contribution in [2.45, 2.75) is 13.3 Å². The number of benzene rings is 1. The third-order valence-electron chi connectivity index (χ3n) is 2.03. The Hall–Kier alpha value is -2.01. The molecule has 0 aliphatic rings. The molecule has 0 aliphatic heterocycles. The Labute approximate surface area is 96.4 Å². The van der Waals surface area contributed by atoms with Crippen LogP contribution < -0.4 is 5.32 Å². The molecule has 0 aliphatic carbocycles. The molecule has 1 aromatic carbocycles. The number of hydrogen-bond donors (Lipinski definition) is 1. The van der Waals surface area contributed by atoms with E-state index >= 15 is 0 Å². The van der Waals surface area contributed by atoms with Crippen LogP contribution in [0.15, 0.2) is 30.8 Å². The summed E-state index contributed by atoms with van der Waals surface area (Å²) in [5, 5.41) is 2.70. The fourth-order valence-corrected chi connectivity index (χ4v) is 1.25. The smallest absolute Gasteiger partial charge is 0.216 e. The minimum Gasteiger partial charge on any atom is -0.355 e. The van der Waals surface area contributed by atoms with Gasteiger partial charge < -0.3 is 5.32 Å². The number of carbonyl (C=O) groups is 1. The molecule has 16 heavy (non-hydrogen) atoms. The highest BCUT2D eigenvalue weighted by Crippen LogP contribution is 2.07. The van der Waals surface area contributed by atoms with E-state index in [1.807, 2.05) is 24.3 Å². The van der Waals surface area contributed by atoms with Crippen LogP contribution in [-0.2, 0) is 4.79 Å². The van der Waals surface area contributed by atoms with Gasteiger partial charge in [0.25, 0.3) is 0 Å². The van der Waals surface area contributed by atoms with Crippen LogP contribution in [0.2, 0.25) is 0 Å². The van der Waals surface area contributed by atoms with Crippen molar-refractivity contribution in [3.8, 4) is 11.8 Å². The SMILES string of the molecule is C=Cc1ccccc1C#CCCNC(C)=O. The summed E-state index contributed by atoms with van der Waals surface area (Å²) < 4.78 is 0. The summed E-state index contributed by atoms with van der Waals surface area (Å²) in [4.78, 5) is 10.6. The molecular formula is C14H15NO. The van der Waals surface area contributed by atoms with Gasteiger partial charge in [0.2, 0.25) is 5.91 Å². The Morgan fingerprint density at radius 3 is 2.94 bits per heavy atom. The Morgan fingerprint density at radius 2 is 2.25 bits per heavy atom. The lowest BCUT2D eigenvalue weighted by atomic mass is 10.1. The van der Waals surface area contributed by atoms with Gasteiger partial charge >= 0.3 is 0 Å². The third-order valence-corrected chi connectivity index (χ3v) is 2.03. The normalized spacial score (nSPS) is 8.81. The molecule has 82 valence electrons. The molecule has 0 spiro atoms. The van der Waals surface area contributed by atoms with Gasteiger partial charge in [0.15, 0.2) is 0 Å². The lowest BCUT2D eigenvalue weighted by Gasteiger charge is -1.97. The average molecular weight is 213 g/mol. The van der Waals surface area contributed by atoms with Gasteiger partial charge in [-0.05, 0) is 11.6 Å². The zero-order valence-electron chi connectivity index (χ0n) is 9.42. The number of rotatable bonds is 3. The molecule has 2 heteroatoms. The molecule has 0 bridgehead atoms. The summed E-state index contributed by atoms with van der Waals surface area (Å²) in [6, 6.07) is 7.84. The second-order valence-corrected chi connectivity index (χ2v) is 3.33. The second kappa shape index (κ2) is 6.47. The highest BCUT2D eigenvalue weighted by molar-refractivity contribution is 5.72. The molecule has 1 rings (SSSR count). The van der Waals surface area contributed by atoms with Crippen LogP contribution in [0.1, 0.15) is 24.5 Å². The molecule has 2 nitrogen and oxygen atoms in total. The maximum atomic E-state index is 10.6. The van der Waals surface area contributed by atoms with E-state index in [-0.39, 0.29) is 5.91 Å². The Bertz CT molecular complexity index is 438. The zero-order chi connectivity index (χ0) is 11.8. The summed E-state index contributed by atoms with van der Waals surface area (Å²) in [6.45, 7) is 5.83. The first-order valence-corrected chi connectivity index (χ1v) is 5.19. The van der Waals surface area contributed by atoms with Crippen molar-refractivity contribution in [2.24, 2.45) is 0 Å². The van der Waals surface area contributed by atoms with Crippen molar-refractivity contribution in [2.75, 3.05) is 6.54 Å². The van der Waals surface area contributed by atoms with Crippen LogP contribution in [0.5, 0.6) is 0 Å². The average Bonchev–Trinajstić information content (AvgIpc) is 2.29. The number of amides is 1. The van der Waals surface area contributed by atoms with E-state index < -0.39 is 0 Å². The van der Waals surface area contributed by atoms with Gasteiger partial charge in [-0.2, -0.15) is 0 Å². The van der Waals surface area contributed by atoms with E-state index in [1.165, 1.54) is 6.92 Å². The standard InChI is InChI=1S/C14H15NO/c1-3-13-8-4-5-9-14(13)10-6-7-11-15-12(2)16/h3-5,8-9H,1,7,11H2,2H3,(H,15,16). The number of nitrogens with one attached hydrogen (secondary N) is 1. The van der Waals surface area contributed by atoms with Crippen molar-refractivity contribution >= 4 is 12.0 Å². The highest BCUT2D eigenvalue weighted by Gasteiger charge is 1.92. The Kier molecular flexibility index (Phi) is 4.88. The first-order chi connectivity index (χ1) is 7.74. The van der Waals surface area contributed by atoms with Gasteiger partial charge in [-0.25, -0.2) is 0 Å². The van der Waals surface area contributed by atoms with Gasteiger partial charge in [0, 0.05) is 25.5 Å². The minimum atomic E-state index is -0.0201. The van der Waals surface area contributed by atoms with Crippen molar-refractivity contribution in [1.82, 2.24) is 5.32 Å². The summed E-state index contributed by atoms with van der Waals surface area (Å²) in [5.74, 6) is 6.06. The van der Waals surface area contributed by atoms with Crippen LogP contribution in [0.3, 0.4) is 0 Å². The van der Waals surface area contributed by atoms with E-state index in [0.29, 0.717) is 13.0 Å². The maximum Gasteiger partial charge on any atom is 0.216 e. The van der Waals surface area contributed by atoms with E-state index in [0.717, 1.165) is 11.1 Å². The maximum absolute atomic E-state index is 10.6. The molecule has 1 N–H and O–H groups in total. The van der Waals surface area contributed by atoms with Gasteiger partial charge in [-0.1, -0.05) is 42.7 Å². The van der Waals surface area contributed by atoms with Crippen molar-refractivity contribution in [3.05, 3.63) is 42.0 Å². The molecule has 1 amide bonds. The first-order valence-electron chi connectivity index (χ1n) is 5.19. The molecular weight excluding hydrogens is 198 g/mol. The van der Waals surface area contributed by atoms with Crippen LogP contribution >= 0.6 is 0 Å². The quantitative estimate of drug-likeness (QED) is 0.605. The van der Waals surface area contributed by atoms with E-state index in [2.05, 4.69) is 23.7 Å². The highest BCUT2D eigenvalue weighted by atomic mass is 16.1. The fourth-order valence-electron chi connectivity index (χ4n) is 1.25. The van der Waals surface area contributed by atoms with Crippen LogP contribution in [0, 0.1) is 11.8 Å². The summed E-state index contributed by atoms with van der Waals surface area (Å²) >= 11 is 0. The van der Waals surface area contributed by atoms with Crippen molar-refractivity contribution < 1.29 is 4.79 Å². The minimum absolute atomic E-state index is 0.0201. The number of carbonyl (C=O) groups excluding carboxylic acids is 1. The molecule has 0 aromatic heterocycles. The first kappa shape index (κ1) is 12.1. The lowest BCUT2D eigenvalue weighted by Crippen LogP contribution is -2.20. The predicted molar refractivity (Wildman–Crippen MR) is 66.7 cm³/mol. The van der Waals surface area contributed by atoms with Crippen LogP contribution in [0.4, 0.5) is 0 Å². The van der Waals surface area contributed by atoms with Crippen LogP contribution in [0.25, 0.3) is 6.08 Å². The van der Waals surface area contributed by atoms with Gasteiger partial charge in [-0.15, -0.1) is 0 Å². The lowest BCUT2D eigenvalue weighted by molar-refractivity contribution is -0.118. The summed E-state index contributed by atoms with van der Waals surface area (Å²) in [6.07, 6.45) is 2.45. The van der Waals surface area contributed by atoms with Gasteiger partial charge in [0.05, 0.1) is 0 Å². The van der Waals surface area contributed by atoms with Crippen molar-refractivity contribution in [1.29, 1.82) is 0 Å². The second-order valence-electron chi connectivity index (χ2n) is 3.33. The molecule has 0 atom stereocenters. The zero-order valence-corrected chi connectivity index (χ0v) is 9.42.